The standard InChI is InChI=1S/C16H32N2O3/c1-14(2)6-5-11-21-13-15(19)12-17-8-7-16(20)18-9-3-4-10-18/h14-15,17,19H,3-13H2,1-2H3. The molecule has 124 valence electrons. The fourth-order valence-electron chi connectivity index (χ4n) is 2.46. The van der Waals surface area contributed by atoms with Gasteiger partial charge in [0.2, 0.25) is 5.91 Å². The number of carbonyl (C=O) groups is 1. The zero-order valence-corrected chi connectivity index (χ0v) is 13.6. The van der Waals surface area contributed by atoms with E-state index >= 15 is 0 Å². The fraction of sp³-hybridized carbons (Fsp3) is 0.938. The Morgan fingerprint density at radius 3 is 2.71 bits per heavy atom. The Kier molecular flexibility index (Phi) is 9.63. The van der Waals surface area contributed by atoms with Crippen LogP contribution in [0.3, 0.4) is 0 Å². The van der Waals surface area contributed by atoms with Crippen LogP contribution in [0.25, 0.3) is 0 Å². The Morgan fingerprint density at radius 1 is 1.33 bits per heavy atom. The highest BCUT2D eigenvalue weighted by Crippen LogP contribution is 2.08. The molecule has 21 heavy (non-hydrogen) atoms. The minimum atomic E-state index is -0.495. The summed E-state index contributed by atoms with van der Waals surface area (Å²) in [5.74, 6) is 0.924. The lowest BCUT2D eigenvalue weighted by atomic mass is 10.1. The molecule has 1 rings (SSSR count). The van der Waals surface area contributed by atoms with Crippen molar-refractivity contribution >= 4 is 5.91 Å². The number of ether oxygens (including phenoxy) is 1. The van der Waals surface area contributed by atoms with Gasteiger partial charge in [0.1, 0.15) is 0 Å². The van der Waals surface area contributed by atoms with Crippen LogP contribution in [0.5, 0.6) is 0 Å². The molecule has 1 heterocycles. The van der Waals surface area contributed by atoms with Crippen LogP contribution >= 0.6 is 0 Å². The Hall–Kier alpha value is -0.650. The summed E-state index contributed by atoms with van der Waals surface area (Å²) in [5, 5.41) is 12.9. The van der Waals surface area contributed by atoms with Crippen molar-refractivity contribution in [3.8, 4) is 0 Å². The molecule has 2 N–H and O–H groups in total. The molecule has 0 aromatic heterocycles. The van der Waals surface area contributed by atoms with Gasteiger partial charge in [-0.05, 0) is 31.6 Å². The molecule has 0 radical (unpaired) electrons. The zero-order valence-electron chi connectivity index (χ0n) is 13.6. The molecule has 1 aliphatic rings. The van der Waals surface area contributed by atoms with E-state index in [0.29, 0.717) is 38.6 Å². The first kappa shape index (κ1) is 18.4. The second kappa shape index (κ2) is 11.0. The van der Waals surface area contributed by atoms with Gasteiger partial charge in [-0.25, -0.2) is 0 Å². The van der Waals surface area contributed by atoms with Gasteiger partial charge in [-0.2, -0.15) is 0 Å². The van der Waals surface area contributed by atoms with Crippen molar-refractivity contribution in [3.05, 3.63) is 0 Å². The van der Waals surface area contributed by atoms with E-state index in [9.17, 15) is 9.90 Å². The number of rotatable bonds is 11. The molecule has 0 aromatic carbocycles. The maximum atomic E-state index is 11.8. The Morgan fingerprint density at radius 2 is 2.05 bits per heavy atom. The van der Waals surface area contributed by atoms with Crippen molar-refractivity contribution in [2.45, 2.75) is 52.1 Å². The summed E-state index contributed by atoms with van der Waals surface area (Å²) in [6.07, 6.45) is 4.49. The minimum Gasteiger partial charge on any atom is -0.389 e. The number of nitrogens with one attached hydrogen (secondary N) is 1. The predicted molar refractivity (Wildman–Crippen MR) is 84.2 cm³/mol. The first-order chi connectivity index (χ1) is 10.1. The summed E-state index contributed by atoms with van der Waals surface area (Å²) in [6.45, 7) is 8.40. The molecule has 1 aliphatic heterocycles. The number of hydrogen-bond donors (Lipinski definition) is 2. The van der Waals surface area contributed by atoms with Gasteiger partial charge in [0.15, 0.2) is 0 Å². The van der Waals surface area contributed by atoms with Crippen LogP contribution in [0.4, 0.5) is 0 Å². The number of aliphatic hydroxyl groups excluding tert-OH is 1. The molecule has 0 aliphatic carbocycles. The number of amides is 1. The average molecular weight is 300 g/mol. The van der Waals surface area contributed by atoms with Crippen molar-refractivity contribution in [3.63, 3.8) is 0 Å². The highest BCUT2D eigenvalue weighted by atomic mass is 16.5. The molecule has 1 fully saturated rings. The first-order valence-corrected chi connectivity index (χ1v) is 8.34. The topological polar surface area (TPSA) is 61.8 Å². The molecule has 5 heteroatoms. The third kappa shape index (κ3) is 9.06. The van der Waals surface area contributed by atoms with Crippen LogP contribution in [0.2, 0.25) is 0 Å². The summed E-state index contributed by atoms with van der Waals surface area (Å²) in [6, 6.07) is 0. The number of carbonyl (C=O) groups excluding carboxylic acids is 1. The first-order valence-electron chi connectivity index (χ1n) is 8.34. The number of likely N-dealkylation sites (tertiary alicyclic amines) is 1. The van der Waals surface area contributed by atoms with Gasteiger partial charge in [-0.3, -0.25) is 4.79 Å². The molecular formula is C16H32N2O3. The number of hydrogen-bond acceptors (Lipinski definition) is 4. The van der Waals surface area contributed by atoms with E-state index in [1.165, 1.54) is 0 Å². The summed E-state index contributed by atoms with van der Waals surface area (Å²) >= 11 is 0. The third-order valence-electron chi connectivity index (χ3n) is 3.73. The molecule has 1 atom stereocenters. The summed E-state index contributed by atoms with van der Waals surface area (Å²) < 4.78 is 5.44. The van der Waals surface area contributed by atoms with Gasteiger partial charge in [0.25, 0.3) is 0 Å². The van der Waals surface area contributed by atoms with Gasteiger partial charge < -0.3 is 20.1 Å². The molecular weight excluding hydrogens is 268 g/mol. The molecule has 0 aromatic rings. The Labute approximate surface area is 129 Å². The van der Waals surface area contributed by atoms with Crippen molar-refractivity contribution in [2.75, 3.05) is 39.4 Å². The third-order valence-corrected chi connectivity index (χ3v) is 3.73. The zero-order chi connectivity index (χ0) is 15.5. The molecule has 0 spiro atoms. The van der Waals surface area contributed by atoms with E-state index in [-0.39, 0.29) is 5.91 Å². The molecule has 1 amide bonds. The van der Waals surface area contributed by atoms with Crippen LogP contribution in [0, 0.1) is 5.92 Å². The quantitative estimate of drug-likeness (QED) is 0.566. The normalized spacial score (nSPS) is 16.7. The highest BCUT2D eigenvalue weighted by Gasteiger charge is 2.17. The molecule has 0 bridgehead atoms. The smallest absolute Gasteiger partial charge is 0.223 e. The van der Waals surface area contributed by atoms with E-state index in [4.69, 9.17) is 4.74 Å². The van der Waals surface area contributed by atoms with Gasteiger partial charge in [0, 0.05) is 39.2 Å². The maximum absolute atomic E-state index is 11.8. The fourth-order valence-corrected chi connectivity index (χ4v) is 2.46. The summed E-state index contributed by atoms with van der Waals surface area (Å²) in [7, 11) is 0. The molecule has 0 saturated carbocycles. The Balaban J connectivity index is 1.90. The van der Waals surface area contributed by atoms with Crippen LogP contribution in [-0.4, -0.2) is 61.4 Å². The SMILES string of the molecule is CC(C)CCCOCC(O)CNCCC(=O)N1CCCC1. The predicted octanol–water partition coefficient (Wildman–Crippen LogP) is 1.40. The lowest BCUT2D eigenvalue weighted by Gasteiger charge is -2.16. The van der Waals surface area contributed by atoms with Gasteiger partial charge in [-0.1, -0.05) is 13.8 Å². The van der Waals surface area contributed by atoms with Gasteiger partial charge in [-0.15, -0.1) is 0 Å². The Bertz CT molecular complexity index is 279. The van der Waals surface area contributed by atoms with Gasteiger partial charge >= 0.3 is 0 Å². The van der Waals surface area contributed by atoms with Crippen molar-refractivity contribution in [2.24, 2.45) is 5.92 Å². The lowest BCUT2D eigenvalue weighted by Crippen LogP contribution is -2.34. The lowest BCUT2D eigenvalue weighted by molar-refractivity contribution is -0.130. The van der Waals surface area contributed by atoms with E-state index in [1.54, 1.807) is 0 Å². The summed E-state index contributed by atoms with van der Waals surface area (Å²) in [5.41, 5.74) is 0. The largest absolute Gasteiger partial charge is 0.389 e. The van der Waals surface area contributed by atoms with Crippen molar-refractivity contribution < 1.29 is 14.6 Å². The molecule has 5 nitrogen and oxygen atoms in total. The molecule has 1 unspecified atom stereocenters. The summed E-state index contributed by atoms with van der Waals surface area (Å²) in [4.78, 5) is 13.7. The van der Waals surface area contributed by atoms with Crippen molar-refractivity contribution in [1.82, 2.24) is 10.2 Å². The number of nitrogens with zero attached hydrogens (tertiary/aromatic N) is 1. The van der Waals surface area contributed by atoms with Crippen LogP contribution in [0.1, 0.15) is 46.0 Å². The van der Waals surface area contributed by atoms with E-state index in [0.717, 1.165) is 38.8 Å². The van der Waals surface area contributed by atoms with Crippen LogP contribution < -0.4 is 5.32 Å². The van der Waals surface area contributed by atoms with Crippen molar-refractivity contribution in [1.29, 1.82) is 0 Å². The average Bonchev–Trinajstić information content (AvgIpc) is 2.97. The van der Waals surface area contributed by atoms with Crippen LogP contribution in [0.15, 0.2) is 0 Å². The second-order valence-electron chi connectivity index (χ2n) is 6.31. The van der Waals surface area contributed by atoms with Gasteiger partial charge in [0.05, 0.1) is 12.7 Å². The minimum absolute atomic E-state index is 0.222. The molecule has 1 saturated heterocycles. The number of aliphatic hydroxyl groups is 1. The van der Waals surface area contributed by atoms with E-state index in [1.807, 2.05) is 4.90 Å². The monoisotopic (exact) mass is 300 g/mol. The highest BCUT2D eigenvalue weighted by molar-refractivity contribution is 5.76. The van der Waals surface area contributed by atoms with E-state index in [2.05, 4.69) is 19.2 Å². The van der Waals surface area contributed by atoms with E-state index < -0.39 is 6.10 Å². The second-order valence-corrected chi connectivity index (χ2v) is 6.31. The van der Waals surface area contributed by atoms with Crippen LogP contribution in [-0.2, 0) is 9.53 Å². The maximum Gasteiger partial charge on any atom is 0.223 e.